The number of hydrogen-bond acceptors (Lipinski definition) is 5. The van der Waals surface area contributed by atoms with Gasteiger partial charge in [0.25, 0.3) is 5.91 Å². The van der Waals surface area contributed by atoms with E-state index in [0.717, 1.165) is 25.1 Å². The van der Waals surface area contributed by atoms with Gasteiger partial charge < -0.3 is 4.74 Å². The summed E-state index contributed by atoms with van der Waals surface area (Å²) in [6.45, 7) is 1.53. The third kappa shape index (κ3) is 2.63. The van der Waals surface area contributed by atoms with E-state index in [1.54, 1.807) is 25.3 Å². The van der Waals surface area contributed by atoms with Gasteiger partial charge in [0.05, 0.1) is 34.8 Å². The molecule has 0 saturated carbocycles. The monoisotopic (exact) mass is 431 g/mol. The molecule has 8 heteroatoms. The molecule has 3 unspecified atom stereocenters. The van der Waals surface area contributed by atoms with Crippen LogP contribution in [-0.2, 0) is 9.59 Å². The van der Waals surface area contributed by atoms with Gasteiger partial charge in [-0.05, 0) is 24.6 Å². The normalized spacial score (nSPS) is 26.9. The number of carbonyl (C=O) groups excluding carboxylic acids is 2. The molecule has 3 aliphatic heterocycles. The van der Waals surface area contributed by atoms with Gasteiger partial charge in [-0.1, -0.05) is 47.5 Å². The SMILES string of the molecule is COc1ccccc1C1C2C(=O)N(c3c(Cl)cccc3Cl)C(=O)C2N2CCCN12. The number of ether oxygens (including phenoxy) is 1. The first-order valence-electron chi connectivity index (χ1n) is 9.52. The van der Waals surface area contributed by atoms with E-state index in [1.807, 2.05) is 29.3 Å². The number of carbonyl (C=O) groups is 2. The van der Waals surface area contributed by atoms with Gasteiger partial charge in [-0.25, -0.2) is 14.9 Å². The molecule has 6 nitrogen and oxygen atoms in total. The molecule has 3 aliphatic rings. The van der Waals surface area contributed by atoms with E-state index in [4.69, 9.17) is 27.9 Å². The maximum atomic E-state index is 13.6. The molecule has 150 valence electrons. The van der Waals surface area contributed by atoms with Crippen LogP contribution in [0.1, 0.15) is 18.0 Å². The van der Waals surface area contributed by atoms with Gasteiger partial charge in [0.15, 0.2) is 0 Å². The Hall–Kier alpha value is -2.12. The largest absolute Gasteiger partial charge is 0.496 e. The fourth-order valence-corrected chi connectivity index (χ4v) is 5.49. The number of amides is 2. The van der Waals surface area contributed by atoms with E-state index in [0.29, 0.717) is 5.75 Å². The first-order valence-corrected chi connectivity index (χ1v) is 10.3. The summed E-state index contributed by atoms with van der Waals surface area (Å²) in [5.74, 6) is -0.398. The molecular weight excluding hydrogens is 413 g/mol. The first kappa shape index (κ1) is 18.9. The van der Waals surface area contributed by atoms with Crippen molar-refractivity contribution in [2.45, 2.75) is 18.5 Å². The van der Waals surface area contributed by atoms with E-state index in [1.165, 1.54) is 4.90 Å². The minimum Gasteiger partial charge on any atom is -0.496 e. The molecule has 0 bridgehead atoms. The zero-order valence-corrected chi connectivity index (χ0v) is 17.2. The van der Waals surface area contributed by atoms with Crippen LogP contribution >= 0.6 is 23.2 Å². The second kappa shape index (κ2) is 6.99. The summed E-state index contributed by atoms with van der Waals surface area (Å²) in [6.07, 6.45) is 0.934. The minimum absolute atomic E-state index is 0.268. The van der Waals surface area contributed by atoms with Gasteiger partial charge in [0, 0.05) is 18.7 Å². The first-order chi connectivity index (χ1) is 14.0. The third-order valence-corrected chi connectivity index (χ3v) is 6.63. The van der Waals surface area contributed by atoms with Crippen LogP contribution < -0.4 is 9.64 Å². The molecule has 29 heavy (non-hydrogen) atoms. The molecule has 0 spiro atoms. The topological polar surface area (TPSA) is 53.1 Å². The number of rotatable bonds is 3. The molecule has 2 aromatic carbocycles. The Balaban J connectivity index is 1.64. The Morgan fingerprint density at radius 3 is 2.24 bits per heavy atom. The Morgan fingerprint density at radius 1 is 0.897 bits per heavy atom. The van der Waals surface area contributed by atoms with Crippen molar-refractivity contribution in [1.82, 2.24) is 10.0 Å². The number of anilines is 1. The zero-order valence-electron chi connectivity index (χ0n) is 15.7. The summed E-state index contributed by atoms with van der Waals surface area (Å²) >= 11 is 12.7. The van der Waals surface area contributed by atoms with Gasteiger partial charge in [-0.2, -0.15) is 0 Å². The predicted octanol–water partition coefficient (Wildman–Crippen LogP) is 3.54. The van der Waals surface area contributed by atoms with Crippen LogP contribution in [0.25, 0.3) is 0 Å². The zero-order chi connectivity index (χ0) is 20.3. The van der Waals surface area contributed by atoms with Crippen LogP contribution in [0.3, 0.4) is 0 Å². The highest BCUT2D eigenvalue weighted by atomic mass is 35.5. The summed E-state index contributed by atoms with van der Waals surface area (Å²) < 4.78 is 5.57. The number of halogens is 2. The van der Waals surface area contributed by atoms with Gasteiger partial charge >= 0.3 is 0 Å². The average Bonchev–Trinajstić information content (AvgIpc) is 3.36. The van der Waals surface area contributed by atoms with E-state index < -0.39 is 12.0 Å². The highest BCUT2D eigenvalue weighted by Crippen LogP contribution is 2.51. The number of benzene rings is 2. The lowest BCUT2D eigenvalue weighted by atomic mass is 9.89. The molecule has 0 aromatic heterocycles. The van der Waals surface area contributed by atoms with Crippen molar-refractivity contribution in [2.75, 3.05) is 25.1 Å². The highest BCUT2D eigenvalue weighted by Gasteiger charge is 2.63. The van der Waals surface area contributed by atoms with E-state index in [2.05, 4.69) is 5.01 Å². The van der Waals surface area contributed by atoms with Gasteiger partial charge in [0.2, 0.25) is 5.91 Å². The number of hydrogen-bond donors (Lipinski definition) is 0. The lowest BCUT2D eigenvalue weighted by molar-refractivity contribution is -0.126. The van der Waals surface area contributed by atoms with Crippen LogP contribution in [0.15, 0.2) is 42.5 Å². The summed E-state index contributed by atoms with van der Waals surface area (Å²) in [5, 5.41) is 4.75. The highest BCUT2D eigenvalue weighted by molar-refractivity contribution is 6.42. The Kier molecular flexibility index (Phi) is 4.55. The van der Waals surface area contributed by atoms with Crippen LogP contribution in [0.5, 0.6) is 5.75 Å². The molecule has 2 aromatic rings. The second-order valence-electron chi connectivity index (χ2n) is 7.42. The van der Waals surface area contributed by atoms with Crippen molar-refractivity contribution in [3.63, 3.8) is 0 Å². The maximum absolute atomic E-state index is 13.6. The standard InChI is InChI=1S/C21H19Cl2N3O3/c1-29-15-9-3-2-6-12(15)17-16-19(25-11-5-10-24(17)25)21(28)26(20(16)27)18-13(22)7-4-8-14(18)23/h2-4,6-9,16-17,19H,5,10-11H2,1H3. The lowest BCUT2D eigenvalue weighted by Gasteiger charge is -2.30. The van der Waals surface area contributed by atoms with E-state index >= 15 is 0 Å². The molecule has 5 rings (SSSR count). The predicted molar refractivity (Wildman–Crippen MR) is 110 cm³/mol. The van der Waals surface area contributed by atoms with Crippen molar-refractivity contribution in [2.24, 2.45) is 5.92 Å². The molecule has 0 N–H and O–H groups in total. The summed E-state index contributed by atoms with van der Waals surface area (Å²) in [5.41, 5.74) is 1.17. The number of methoxy groups -OCH3 is 1. The van der Waals surface area contributed by atoms with Crippen LogP contribution in [0, 0.1) is 5.92 Å². The van der Waals surface area contributed by atoms with E-state index in [-0.39, 0.29) is 33.6 Å². The Bertz CT molecular complexity index is 994. The van der Waals surface area contributed by atoms with Crippen molar-refractivity contribution in [3.8, 4) is 5.75 Å². The minimum atomic E-state index is -0.563. The molecule has 3 fully saturated rings. The molecular formula is C21H19Cl2N3O3. The van der Waals surface area contributed by atoms with Crippen LogP contribution in [0.2, 0.25) is 10.0 Å². The van der Waals surface area contributed by atoms with E-state index in [9.17, 15) is 9.59 Å². The third-order valence-electron chi connectivity index (χ3n) is 6.02. The number of hydrazine groups is 1. The molecule has 3 heterocycles. The van der Waals surface area contributed by atoms with Gasteiger partial charge in [-0.3, -0.25) is 9.59 Å². The molecule has 3 atom stereocenters. The average molecular weight is 432 g/mol. The summed E-state index contributed by atoms with van der Waals surface area (Å²) in [6, 6.07) is 11.8. The second-order valence-corrected chi connectivity index (χ2v) is 8.23. The molecule has 0 aliphatic carbocycles. The maximum Gasteiger partial charge on any atom is 0.253 e. The number of fused-ring (bicyclic) bond motifs is 3. The van der Waals surface area contributed by atoms with Crippen molar-refractivity contribution in [1.29, 1.82) is 0 Å². The van der Waals surface area contributed by atoms with Crippen molar-refractivity contribution < 1.29 is 14.3 Å². The number of para-hydroxylation sites is 2. The molecule has 3 saturated heterocycles. The number of imide groups is 1. The number of nitrogens with zero attached hydrogens (tertiary/aromatic N) is 3. The summed E-state index contributed by atoms with van der Waals surface area (Å²) in [7, 11) is 1.62. The molecule has 2 amide bonds. The van der Waals surface area contributed by atoms with Crippen molar-refractivity contribution in [3.05, 3.63) is 58.1 Å². The van der Waals surface area contributed by atoms with Crippen molar-refractivity contribution >= 4 is 40.7 Å². The fraction of sp³-hybridized carbons (Fsp3) is 0.333. The van der Waals surface area contributed by atoms with Crippen LogP contribution in [0.4, 0.5) is 5.69 Å². The van der Waals surface area contributed by atoms with Gasteiger partial charge in [0.1, 0.15) is 11.8 Å². The lowest BCUT2D eigenvalue weighted by Crippen LogP contribution is -2.44. The summed E-state index contributed by atoms with van der Waals surface area (Å²) in [4.78, 5) is 28.3. The Morgan fingerprint density at radius 2 is 1.55 bits per heavy atom. The Labute approximate surface area is 178 Å². The smallest absolute Gasteiger partial charge is 0.253 e. The molecule has 0 radical (unpaired) electrons. The van der Waals surface area contributed by atoms with Crippen LogP contribution in [-0.4, -0.2) is 48.1 Å². The quantitative estimate of drug-likeness (QED) is 0.695. The fourth-order valence-electron chi connectivity index (χ4n) is 4.92. The van der Waals surface area contributed by atoms with Gasteiger partial charge in [-0.15, -0.1) is 0 Å².